The minimum Gasteiger partial charge on any atom is -0.368 e. The van der Waals surface area contributed by atoms with Gasteiger partial charge in [0, 0.05) is 56.0 Å². The van der Waals surface area contributed by atoms with Crippen molar-refractivity contribution in [2.24, 2.45) is 0 Å². The SMILES string of the molecule is Cc1ccc2c(N3CCN(CCc4cccc(N5CCCS5(=O)=O)c4)CC3)cccc2n1. The summed E-state index contributed by atoms with van der Waals surface area (Å²) in [4.78, 5) is 9.65. The second-order valence-corrected chi connectivity index (χ2v) is 10.8. The van der Waals surface area contributed by atoms with E-state index in [2.05, 4.69) is 51.2 Å². The van der Waals surface area contributed by atoms with Crippen LogP contribution in [0.15, 0.2) is 54.6 Å². The zero-order valence-corrected chi connectivity index (χ0v) is 19.4. The number of benzene rings is 2. The van der Waals surface area contributed by atoms with Crippen molar-refractivity contribution in [2.75, 3.05) is 54.2 Å². The fourth-order valence-electron chi connectivity index (χ4n) is 4.81. The average Bonchev–Trinajstić information content (AvgIpc) is 3.16. The van der Waals surface area contributed by atoms with Crippen molar-refractivity contribution in [1.29, 1.82) is 0 Å². The maximum atomic E-state index is 12.2. The van der Waals surface area contributed by atoms with Gasteiger partial charge in [-0.15, -0.1) is 0 Å². The largest absolute Gasteiger partial charge is 0.368 e. The number of anilines is 2. The lowest BCUT2D eigenvalue weighted by Gasteiger charge is -2.36. The molecule has 0 saturated carbocycles. The number of pyridine rings is 1. The molecule has 0 radical (unpaired) electrons. The van der Waals surface area contributed by atoms with Crippen LogP contribution >= 0.6 is 0 Å². The van der Waals surface area contributed by atoms with Crippen LogP contribution in [-0.2, 0) is 16.4 Å². The maximum absolute atomic E-state index is 12.2. The molecule has 3 heterocycles. The van der Waals surface area contributed by atoms with E-state index in [1.807, 2.05) is 25.1 Å². The zero-order valence-electron chi connectivity index (χ0n) is 18.6. The van der Waals surface area contributed by atoms with Crippen molar-refractivity contribution in [2.45, 2.75) is 19.8 Å². The van der Waals surface area contributed by atoms with Crippen LogP contribution < -0.4 is 9.21 Å². The lowest BCUT2D eigenvalue weighted by atomic mass is 10.1. The highest BCUT2D eigenvalue weighted by molar-refractivity contribution is 7.93. The molecule has 0 bridgehead atoms. The Kier molecular flexibility index (Phi) is 5.78. The Morgan fingerprint density at radius 2 is 1.75 bits per heavy atom. The quantitative estimate of drug-likeness (QED) is 0.596. The van der Waals surface area contributed by atoms with Gasteiger partial charge in [0.1, 0.15) is 0 Å². The monoisotopic (exact) mass is 450 g/mol. The number of aromatic nitrogens is 1. The third-order valence-corrected chi connectivity index (χ3v) is 8.45. The number of fused-ring (bicyclic) bond motifs is 1. The number of sulfonamides is 1. The van der Waals surface area contributed by atoms with Crippen molar-refractivity contribution < 1.29 is 8.42 Å². The summed E-state index contributed by atoms with van der Waals surface area (Å²) >= 11 is 0. The summed E-state index contributed by atoms with van der Waals surface area (Å²) in [6, 6.07) is 18.7. The zero-order chi connectivity index (χ0) is 22.1. The molecule has 2 aliphatic heterocycles. The predicted molar refractivity (Wildman–Crippen MR) is 131 cm³/mol. The van der Waals surface area contributed by atoms with Crippen LogP contribution in [0.1, 0.15) is 17.7 Å². The van der Waals surface area contributed by atoms with E-state index in [0.717, 1.165) is 56.0 Å². The Hall–Kier alpha value is -2.64. The first kappa shape index (κ1) is 21.2. The first-order valence-corrected chi connectivity index (χ1v) is 13.0. The third-order valence-electron chi connectivity index (χ3n) is 6.58. The van der Waals surface area contributed by atoms with E-state index in [0.29, 0.717) is 13.0 Å². The van der Waals surface area contributed by atoms with Crippen LogP contribution in [-0.4, -0.2) is 63.3 Å². The van der Waals surface area contributed by atoms with Crippen molar-refractivity contribution in [1.82, 2.24) is 9.88 Å². The van der Waals surface area contributed by atoms with Crippen LogP contribution in [0.5, 0.6) is 0 Å². The summed E-state index contributed by atoms with van der Waals surface area (Å²) in [5.74, 6) is 0.258. The standard InChI is InChI=1S/C25H30N4O2S/c1-20-9-10-23-24(26-20)7-3-8-25(23)28-16-14-27(15-17-28)13-11-21-5-2-6-22(19-21)29-12-4-18-32(29,30)31/h2-3,5-10,19H,4,11-18H2,1H3. The first-order valence-electron chi connectivity index (χ1n) is 11.4. The van der Waals surface area contributed by atoms with Gasteiger partial charge in [0.2, 0.25) is 10.0 Å². The molecule has 0 unspecified atom stereocenters. The highest BCUT2D eigenvalue weighted by Crippen LogP contribution is 2.27. The first-order chi connectivity index (χ1) is 15.5. The highest BCUT2D eigenvalue weighted by Gasteiger charge is 2.28. The van der Waals surface area contributed by atoms with Gasteiger partial charge in [0.15, 0.2) is 0 Å². The van der Waals surface area contributed by atoms with Gasteiger partial charge in [0.05, 0.1) is 17.0 Å². The van der Waals surface area contributed by atoms with Crippen molar-refractivity contribution in [3.63, 3.8) is 0 Å². The molecule has 0 atom stereocenters. The third kappa shape index (κ3) is 4.32. The van der Waals surface area contributed by atoms with Gasteiger partial charge in [-0.3, -0.25) is 14.2 Å². The molecular weight excluding hydrogens is 420 g/mol. The summed E-state index contributed by atoms with van der Waals surface area (Å²) in [5.41, 5.74) is 5.39. The number of rotatable bonds is 5. The van der Waals surface area contributed by atoms with Gasteiger partial charge in [0.25, 0.3) is 0 Å². The molecule has 3 aromatic rings. The summed E-state index contributed by atoms with van der Waals surface area (Å²) in [5, 5.41) is 1.22. The van der Waals surface area contributed by atoms with Crippen LogP contribution in [0.4, 0.5) is 11.4 Å². The molecule has 0 amide bonds. The Morgan fingerprint density at radius 3 is 2.53 bits per heavy atom. The van der Waals surface area contributed by atoms with E-state index in [4.69, 9.17) is 0 Å². The molecule has 0 spiro atoms. The average molecular weight is 451 g/mol. The van der Waals surface area contributed by atoms with Crippen molar-refractivity contribution >= 4 is 32.3 Å². The molecular formula is C25H30N4O2S. The molecule has 6 nitrogen and oxygen atoms in total. The summed E-state index contributed by atoms with van der Waals surface area (Å²) in [7, 11) is -3.13. The fraction of sp³-hybridized carbons (Fsp3) is 0.400. The predicted octanol–water partition coefficient (Wildman–Crippen LogP) is 3.45. The van der Waals surface area contributed by atoms with E-state index < -0.39 is 10.0 Å². The minimum atomic E-state index is -3.13. The molecule has 2 aliphatic rings. The maximum Gasteiger partial charge on any atom is 0.235 e. The Labute approximate surface area is 190 Å². The number of hydrogen-bond acceptors (Lipinski definition) is 5. The molecule has 2 saturated heterocycles. The molecule has 0 aliphatic carbocycles. The molecule has 32 heavy (non-hydrogen) atoms. The molecule has 5 rings (SSSR count). The lowest BCUT2D eigenvalue weighted by molar-refractivity contribution is 0.261. The van der Waals surface area contributed by atoms with Gasteiger partial charge in [-0.1, -0.05) is 18.2 Å². The Bertz CT molecular complexity index is 1220. The van der Waals surface area contributed by atoms with E-state index in [9.17, 15) is 8.42 Å². The Morgan fingerprint density at radius 1 is 0.938 bits per heavy atom. The summed E-state index contributed by atoms with van der Waals surface area (Å²) in [6.45, 7) is 7.66. The van der Waals surface area contributed by atoms with Gasteiger partial charge in [-0.2, -0.15) is 0 Å². The van der Waals surface area contributed by atoms with Gasteiger partial charge in [-0.25, -0.2) is 8.42 Å². The van der Waals surface area contributed by atoms with Crippen LogP contribution in [0.3, 0.4) is 0 Å². The smallest absolute Gasteiger partial charge is 0.235 e. The topological polar surface area (TPSA) is 56.8 Å². The van der Waals surface area contributed by atoms with Crippen LogP contribution in [0, 0.1) is 6.92 Å². The van der Waals surface area contributed by atoms with E-state index in [-0.39, 0.29) is 5.75 Å². The number of nitrogens with zero attached hydrogens (tertiary/aromatic N) is 4. The summed E-state index contributed by atoms with van der Waals surface area (Å²) in [6.07, 6.45) is 1.64. The van der Waals surface area contributed by atoms with Crippen LogP contribution in [0.25, 0.3) is 10.9 Å². The fourth-order valence-corrected chi connectivity index (χ4v) is 6.37. The van der Waals surface area contributed by atoms with Gasteiger partial charge in [-0.05, 0) is 61.7 Å². The Balaban J connectivity index is 1.20. The van der Waals surface area contributed by atoms with E-state index >= 15 is 0 Å². The molecule has 1 aromatic heterocycles. The van der Waals surface area contributed by atoms with Gasteiger partial charge >= 0.3 is 0 Å². The molecule has 168 valence electrons. The molecule has 0 N–H and O–H groups in total. The molecule has 2 aromatic carbocycles. The van der Waals surface area contributed by atoms with Crippen molar-refractivity contribution in [3.8, 4) is 0 Å². The van der Waals surface area contributed by atoms with Gasteiger partial charge < -0.3 is 4.90 Å². The number of aryl methyl sites for hydroxylation is 1. The minimum absolute atomic E-state index is 0.258. The number of piperazine rings is 1. The van der Waals surface area contributed by atoms with E-state index in [1.165, 1.54) is 16.6 Å². The highest BCUT2D eigenvalue weighted by atomic mass is 32.2. The second-order valence-electron chi connectivity index (χ2n) is 8.79. The summed E-state index contributed by atoms with van der Waals surface area (Å²) < 4.78 is 26.0. The van der Waals surface area contributed by atoms with Crippen LogP contribution in [0.2, 0.25) is 0 Å². The second kappa shape index (κ2) is 8.71. The van der Waals surface area contributed by atoms with E-state index in [1.54, 1.807) is 4.31 Å². The van der Waals surface area contributed by atoms with Crippen molar-refractivity contribution in [3.05, 3.63) is 65.9 Å². The normalized spacial score (nSPS) is 19.0. The molecule has 7 heteroatoms. The molecule has 2 fully saturated rings. The number of hydrogen-bond donors (Lipinski definition) is 0. The lowest BCUT2D eigenvalue weighted by Crippen LogP contribution is -2.47.